The average molecular weight is 194 g/mol. The maximum Gasteiger partial charge on any atom is 0.321 e. The van der Waals surface area contributed by atoms with Crippen LogP contribution in [0.4, 0.5) is 5.95 Å². The highest BCUT2D eigenvalue weighted by Gasteiger charge is 2.27. The summed E-state index contributed by atoms with van der Waals surface area (Å²) in [6.45, 7) is 2.65. The number of anilines is 1. The highest BCUT2D eigenvalue weighted by molar-refractivity contribution is 5.21. The van der Waals surface area contributed by atoms with Crippen LogP contribution in [0.15, 0.2) is 0 Å². The van der Waals surface area contributed by atoms with Gasteiger partial charge in [-0.15, -0.1) is 0 Å². The van der Waals surface area contributed by atoms with Gasteiger partial charge in [-0.05, 0) is 19.3 Å². The van der Waals surface area contributed by atoms with E-state index in [2.05, 4.69) is 15.0 Å². The first-order chi connectivity index (χ1) is 6.79. The molecule has 1 heterocycles. The van der Waals surface area contributed by atoms with Crippen molar-refractivity contribution in [3.8, 4) is 6.01 Å². The van der Waals surface area contributed by atoms with Crippen molar-refractivity contribution in [1.82, 2.24) is 15.0 Å². The standard InChI is InChI=1S/C9H14N4O/c1-2-5-14-9-12-7(6-3-4-6)11-8(10)13-9/h6H,2-5H2,1H3,(H2,10,11,12,13). The predicted octanol–water partition coefficient (Wildman–Crippen LogP) is 1.12. The molecule has 0 bridgehead atoms. The van der Waals surface area contributed by atoms with Gasteiger partial charge < -0.3 is 10.5 Å². The van der Waals surface area contributed by atoms with E-state index in [0.717, 1.165) is 25.1 Å². The van der Waals surface area contributed by atoms with Gasteiger partial charge in [-0.1, -0.05) is 6.92 Å². The second-order valence-electron chi connectivity index (χ2n) is 3.46. The molecule has 0 spiro atoms. The highest BCUT2D eigenvalue weighted by Crippen LogP contribution is 2.38. The van der Waals surface area contributed by atoms with Gasteiger partial charge in [0.15, 0.2) is 0 Å². The van der Waals surface area contributed by atoms with Gasteiger partial charge in [-0.2, -0.15) is 15.0 Å². The minimum absolute atomic E-state index is 0.257. The fourth-order valence-corrected chi connectivity index (χ4v) is 1.17. The zero-order chi connectivity index (χ0) is 9.97. The molecule has 0 unspecified atom stereocenters. The predicted molar refractivity (Wildman–Crippen MR) is 52.0 cm³/mol. The maximum atomic E-state index is 5.55. The van der Waals surface area contributed by atoms with Gasteiger partial charge >= 0.3 is 6.01 Å². The summed E-state index contributed by atoms with van der Waals surface area (Å²) in [6, 6.07) is 0.362. The van der Waals surface area contributed by atoms with Gasteiger partial charge in [0.1, 0.15) is 5.82 Å². The molecule has 1 aliphatic rings. The van der Waals surface area contributed by atoms with E-state index < -0.39 is 0 Å². The van der Waals surface area contributed by atoms with Crippen molar-refractivity contribution < 1.29 is 4.74 Å². The molecule has 1 aromatic heterocycles. The SMILES string of the molecule is CCCOc1nc(N)nc(C2CC2)n1. The number of nitrogen functional groups attached to an aromatic ring is 1. The summed E-state index contributed by atoms with van der Waals surface area (Å²) >= 11 is 0. The Morgan fingerprint density at radius 3 is 2.79 bits per heavy atom. The smallest absolute Gasteiger partial charge is 0.321 e. The summed E-state index contributed by atoms with van der Waals surface area (Å²) in [5, 5.41) is 0. The van der Waals surface area contributed by atoms with Crippen LogP contribution in [0.5, 0.6) is 6.01 Å². The molecule has 1 saturated carbocycles. The third-order valence-electron chi connectivity index (χ3n) is 2.03. The lowest BCUT2D eigenvalue weighted by Crippen LogP contribution is -2.07. The summed E-state index contributed by atoms with van der Waals surface area (Å²) in [7, 11) is 0. The minimum atomic E-state index is 0.257. The average Bonchev–Trinajstić information content (AvgIpc) is 2.97. The Labute approximate surface area is 82.7 Å². The lowest BCUT2D eigenvalue weighted by molar-refractivity contribution is 0.290. The normalized spacial score (nSPS) is 15.5. The number of nitrogens with two attached hydrogens (primary N) is 1. The van der Waals surface area contributed by atoms with Crippen molar-refractivity contribution in [2.75, 3.05) is 12.3 Å². The number of hydrogen-bond acceptors (Lipinski definition) is 5. The fourth-order valence-electron chi connectivity index (χ4n) is 1.17. The van der Waals surface area contributed by atoms with Gasteiger partial charge in [-0.3, -0.25) is 0 Å². The van der Waals surface area contributed by atoms with E-state index in [4.69, 9.17) is 10.5 Å². The Morgan fingerprint density at radius 1 is 1.36 bits per heavy atom. The van der Waals surface area contributed by atoms with Crippen LogP contribution in [0.1, 0.15) is 37.9 Å². The van der Waals surface area contributed by atoms with E-state index in [1.165, 1.54) is 0 Å². The van der Waals surface area contributed by atoms with E-state index in [0.29, 0.717) is 18.5 Å². The van der Waals surface area contributed by atoms with Crippen LogP contribution in [0.2, 0.25) is 0 Å². The molecule has 14 heavy (non-hydrogen) atoms. The molecule has 1 aliphatic carbocycles. The Morgan fingerprint density at radius 2 is 2.14 bits per heavy atom. The first kappa shape index (κ1) is 9.18. The molecule has 1 fully saturated rings. The van der Waals surface area contributed by atoms with Crippen LogP contribution >= 0.6 is 0 Å². The van der Waals surface area contributed by atoms with E-state index >= 15 is 0 Å². The number of rotatable bonds is 4. The number of hydrogen-bond donors (Lipinski definition) is 1. The van der Waals surface area contributed by atoms with Crippen molar-refractivity contribution in [2.45, 2.75) is 32.1 Å². The van der Waals surface area contributed by atoms with Gasteiger partial charge in [0.25, 0.3) is 0 Å². The zero-order valence-corrected chi connectivity index (χ0v) is 8.23. The number of ether oxygens (including phenoxy) is 1. The molecule has 5 nitrogen and oxygen atoms in total. The second-order valence-corrected chi connectivity index (χ2v) is 3.46. The van der Waals surface area contributed by atoms with Crippen molar-refractivity contribution in [3.05, 3.63) is 5.82 Å². The lowest BCUT2D eigenvalue weighted by Gasteiger charge is -2.04. The monoisotopic (exact) mass is 194 g/mol. The molecule has 76 valence electrons. The summed E-state index contributed by atoms with van der Waals surface area (Å²) in [5.41, 5.74) is 5.55. The largest absolute Gasteiger partial charge is 0.463 e. The van der Waals surface area contributed by atoms with Gasteiger partial charge in [0.05, 0.1) is 6.61 Å². The molecule has 0 aliphatic heterocycles. The molecule has 5 heteroatoms. The fraction of sp³-hybridized carbons (Fsp3) is 0.667. The summed E-state index contributed by atoms with van der Waals surface area (Å²) in [5.74, 6) is 1.51. The molecule has 2 rings (SSSR count). The Bertz CT molecular complexity index is 325. The topological polar surface area (TPSA) is 73.9 Å². The quantitative estimate of drug-likeness (QED) is 0.777. The Balaban J connectivity index is 2.13. The van der Waals surface area contributed by atoms with E-state index in [9.17, 15) is 0 Å². The van der Waals surface area contributed by atoms with Crippen LogP contribution in [0, 0.1) is 0 Å². The molecule has 0 radical (unpaired) electrons. The van der Waals surface area contributed by atoms with Crippen LogP contribution in [-0.4, -0.2) is 21.6 Å². The molecule has 0 aromatic carbocycles. The van der Waals surface area contributed by atoms with E-state index in [1.807, 2.05) is 6.92 Å². The third kappa shape index (κ3) is 2.10. The van der Waals surface area contributed by atoms with Crippen LogP contribution < -0.4 is 10.5 Å². The zero-order valence-electron chi connectivity index (χ0n) is 8.23. The molecule has 1 aromatic rings. The summed E-state index contributed by atoms with van der Waals surface area (Å²) < 4.78 is 5.31. The maximum absolute atomic E-state index is 5.55. The van der Waals surface area contributed by atoms with Gasteiger partial charge in [0, 0.05) is 5.92 Å². The van der Waals surface area contributed by atoms with Crippen molar-refractivity contribution in [3.63, 3.8) is 0 Å². The molecule has 0 saturated heterocycles. The summed E-state index contributed by atoms with van der Waals surface area (Å²) in [6.07, 6.45) is 3.23. The highest BCUT2D eigenvalue weighted by atomic mass is 16.5. The van der Waals surface area contributed by atoms with Gasteiger partial charge in [0.2, 0.25) is 5.95 Å². The Kier molecular flexibility index (Phi) is 2.47. The molecule has 2 N–H and O–H groups in total. The van der Waals surface area contributed by atoms with Crippen molar-refractivity contribution >= 4 is 5.95 Å². The van der Waals surface area contributed by atoms with Crippen molar-refractivity contribution in [1.29, 1.82) is 0 Å². The van der Waals surface area contributed by atoms with Crippen LogP contribution in [0.25, 0.3) is 0 Å². The van der Waals surface area contributed by atoms with Crippen LogP contribution in [-0.2, 0) is 0 Å². The lowest BCUT2D eigenvalue weighted by atomic mass is 10.4. The first-order valence-electron chi connectivity index (χ1n) is 4.94. The minimum Gasteiger partial charge on any atom is -0.463 e. The number of aromatic nitrogens is 3. The van der Waals surface area contributed by atoms with E-state index in [1.54, 1.807) is 0 Å². The first-order valence-corrected chi connectivity index (χ1v) is 4.94. The third-order valence-corrected chi connectivity index (χ3v) is 2.03. The number of nitrogens with zero attached hydrogens (tertiary/aromatic N) is 3. The van der Waals surface area contributed by atoms with Crippen LogP contribution in [0.3, 0.4) is 0 Å². The Hall–Kier alpha value is -1.39. The molecule has 0 amide bonds. The van der Waals surface area contributed by atoms with Gasteiger partial charge in [-0.25, -0.2) is 0 Å². The second kappa shape index (κ2) is 3.77. The van der Waals surface area contributed by atoms with Crippen molar-refractivity contribution in [2.24, 2.45) is 0 Å². The molecular formula is C9H14N4O. The van der Waals surface area contributed by atoms with E-state index in [-0.39, 0.29) is 5.95 Å². The molecule has 0 atom stereocenters. The molecular weight excluding hydrogens is 180 g/mol. The summed E-state index contributed by atoms with van der Waals surface area (Å²) in [4.78, 5) is 12.2.